The van der Waals surface area contributed by atoms with Gasteiger partial charge in [0.1, 0.15) is 23.3 Å². The Morgan fingerprint density at radius 2 is 0.957 bits per heavy atom. The van der Waals surface area contributed by atoms with Crippen molar-refractivity contribution in [3.8, 4) is 17.2 Å². The molecule has 0 bridgehead atoms. The molecule has 1 unspecified atom stereocenters. The number of quaternary nitrogens is 1. The summed E-state index contributed by atoms with van der Waals surface area (Å²) in [6.07, 6.45) is 1.19. The largest absolute Gasteiger partial charge is 0.864 e. The lowest BCUT2D eigenvalue weighted by atomic mass is 10.0. The highest BCUT2D eigenvalue weighted by atomic mass is 19.2. The minimum absolute atomic E-state index is 0.128. The lowest BCUT2D eigenvalue weighted by molar-refractivity contribution is -0.895. The van der Waals surface area contributed by atoms with Crippen LogP contribution in [0, 0.1) is 75.9 Å². The Balaban J connectivity index is 0.000000573. The topological polar surface area (TPSA) is 27.7 Å². The van der Waals surface area contributed by atoms with E-state index in [4.69, 9.17) is 14.0 Å². The van der Waals surface area contributed by atoms with E-state index in [1.807, 2.05) is 0 Å². The van der Waals surface area contributed by atoms with E-state index in [0.717, 1.165) is 12.1 Å². The molecule has 0 heterocycles. The Hall–Kier alpha value is -4.80. The van der Waals surface area contributed by atoms with Crippen molar-refractivity contribution >= 4 is 7.32 Å². The van der Waals surface area contributed by atoms with Crippen LogP contribution in [-0.4, -0.2) is 32.9 Å². The van der Waals surface area contributed by atoms with Crippen molar-refractivity contribution in [1.82, 2.24) is 0 Å². The normalized spacial score (nSPS) is 11.7. The van der Waals surface area contributed by atoms with Gasteiger partial charge in [-0.1, -0.05) is 6.58 Å². The maximum atomic E-state index is 15.0. The maximum absolute atomic E-state index is 15.0. The highest BCUT2D eigenvalue weighted by molar-refractivity contribution is 6.39. The molecular formula is C30H20BF12NO3. The zero-order chi connectivity index (χ0) is 35.4. The quantitative estimate of drug-likeness (QED) is 0.0445. The van der Waals surface area contributed by atoms with E-state index < -0.39 is 106 Å². The first-order valence-corrected chi connectivity index (χ1v) is 12.8. The van der Waals surface area contributed by atoms with Crippen LogP contribution in [-0.2, 0) is 0 Å². The van der Waals surface area contributed by atoms with Gasteiger partial charge in [0, 0.05) is 42.0 Å². The van der Waals surface area contributed by atoms with Gasteiger partial charge in [-0.3, -0.25) is 8.78 Å². The molecular weight excluding hydrogens is 661 g/mol. The SMILES string of the molecule is C=CC(c1c(OB(Oc2cc(F)c(F)c(F)c2)Oc2cc(F)c(F)c(F)c2)cc(F)c(F)c1F)[N+](C)(C)C.Fc1c[c-]cc(F)c1F. The fourth-order valence-electron chi connectivity index (χ4n) is 3.81. The molecule has 250 valence electrons. The van der Waals surface area contributed by atoms with Crippen molar-refractivity contribution < 1.29 is 71.1 Å². The minimum atomic E-state index is -2.36. The van der Waals surface area contributed by atoms with Crippen molar-refractivity contribution in [2.45, 2.75) is 6.04 Å². The zero-order valence-corrected chi connectivity index (χ0v) is 24.2. The van der Waals surface area contributed by atoms with Gasteiger partial charge >= 0.3 is 7.32 Å². The molecule has 1 atom stereocenters. The number of rotatable bonds is 9. The van der Waals surface area contributed by atoms with E-state index in [1.54, 1.807) is 21.1 Å². The molecule has 4 rings (SSSR count). The van der Waals surface area contributed by atoms with Gasteiger partial charge in [0.2, 0.25) is 0 Å². The monoisotopic (exact) mass is 681 g/mol. The fourth-order valence-corrected chi connectivity index (χ4v) is 3.81. The summed E-state index contributed by atoms with van der Waals surface area (Å²) >= 11 is 0. The summed E-state index contributed by atoms with van der Waals surface area (Å²) in [5.41, 5.74) is -0.600. The predicted octanol–water partition coefficient (Wildman–Crippen LogP) is 8.30. The molecule has 0 saturated carbocycles. The van der Waals surface area contributed by atoms with E-state index >= 15 is 0 Å². The molecule has 0 spiro atoms. The van der Waals surface area contributed by atoms with Gasteiger partial charge in [0.15, 0.2) is 52.4 Å². The van der Waals surface area contributed by atoms with Crippen LogP contribution in [0.4, 0.5) is 52.7 Å². The highest BCUT2D eigenvalue weighted by Crippen LogP contribution is 2.37. The van der Waals surface area contributed by atoms with Crippen molar-refractivity contribution in [2.75, 3.05) is 21.1 Å². The Bertz CT molecular complexity index is 1660. The number of benzene rings is 4. The van der Waals surface area contributed by atoms with E-state index in [-0.39, 0.29) is 4.48 Å². The van der Waals surface area contributed by atoms with Crippen molar-refractivity contribution in [3.63, 3.8) is 0 Å². The summed E-state index contributed by atoms with van der Waals surface area (Å²) in [5.74, 6) is -22.1. The second kappa shape index (κ2) is 14.7. The minimum Gasteiger partial charge on any atom is -0.489 e. The highest BCUT2D eigenvalue weighted by Gasteiger charge is 2.38. The predicted molar refractivity (Wildman–Crippen MR) is 143 cm³/mol. The van der Waals surface area contributed by atoms with Crippen LogP contribution < -0.4 is 14.0 Å². The number of halogens is 12. The molecule has 0 fully saturated rings. The molecule has 17 heteroatoms. The van der Waals surface area contributed by atoms with Crippen LogP contribution >= 0.6 is 0 Å². The van der Waals surface area contributed by atoms with E-state index in [0.29, 0.717) is 30.3 Å². The van der Waals surface area contributed by atoms with Crippen LogP contribution in [0.1, 0.15) is 11.6 Å². The summed E-state index contributed by atoms with van der Waals surface area (Å²) in [6, 6.07) is 4.22. The lowest BCUT2D eigenvalue weighted by Crippen LogP contribution is -2.40. The second-order valence-corrected chi connectivity index (χ2v) is 10.2. The summed E-state index contributed by atoms with van der Waals surface area (Å²) < 4.78 is 176. The molecule has 0 saturated heterocycles. The van der Waals surface area contributed by atoms with E-state index in [9.17, 15) is 52.7 Å². The van der Waals surface area contributed by atoms with Crippen LogP contribution in [0.2, 0.25) is 0 Å². The molecule has 47 heavy (non-hydrogen) atoms. The van der Waals surface area contributed by atoms with Crippen LogP contribution in [0.3, 0.4) is 0 Å². The fraction of sp³-hybridized carbons (Fsp3) is 0.133. The molecule has 0 aliphatic carbocycles. The molecule has 0 aliphatic rings. The van der Waals surface area contributed by atoms with Gasteiger partial charge in [-0.15, -0.1) is 12.1 Å². The maximum Gasteiger partial charge on any atom is 0.864 e. The zero-order valence-electron chi connectivity index (χ0n) is 24.2. The Morgan fingerprint density at radius 1 is 0.574 bits per heavy atom. The Kier molecular flexibility index (Phi) is 11.5. The van der Waals surface area contributed by atoms with Crippen molar-refractivity contribution in [3.05, 3.63) is 137 Å². The molecule has 4 nitrogen and oxygen atoms in total. The molecule has 0 N–H and O–H groups in total. The number of hydrogen-bond acceptors (Lipinski definition) is 3. The molecule has 4 aromatic carbocycles. The third kappa shape index (κ3) is 8.72. The summed E-state index contributed by atoms with van der Waals surface area (Å²) in [6.45, 7) is 3.55. The molecule has 0 amide bonds. The van der Waals surface area contributed by atoms with Crippen LogP contribution in [0.25, 0.3) is 0 Å². The first-order chi connectivity index (χ1) is 21.8. The van der Waals surface area contributed by atoms with Gasteiger partial charge in [-0.05, 0) is 6.08 Å². The lowest BCUT2D eigenvalue weighted by Gasteiger charge is -2.33. The molecule has 0 radical (unpaired) electrons. The van der Waals surface area contributed by atoms with Gasteiger partial charge in [0.05, 0.1) is 32.5 Å². The van der Waals surface area contributed by atoms with Crippen molar-refractivity contribution in [1.29, 1.82) is 0 Å². The van der Waals surface area contributed by atoms with Gasteiger partial charge < -0.3 is 18.4 Å². The van der Waals surface area contributed by atoms with Gasteiger partial charge in [-0.2, -0.15) is 6.07 Å². The first-order valence-electron chi connectivity index (χ1n) is 12.8. The molecule has 4 aromatic rings. The van der Waals surface area contributed by atoms with E-state index in [1.165, 1.54) is 6.08 Å². The Morgan fingerprint density at radius 3 is 1.32 bits per heavy atom. The number of nitrogens with zero attached hydrogens (tertiary/aromatic N) is 1. The smallest absolute Gasteiger partial charge is 0.489 e. The average Bonchev–Trinajstić information content (AvgIpc) is 2.97. The molecule has 0 aliphatic heterocycles. The number of hydrogen-bond donors (Lipinski definition) is 0. The van der Waals surface area contributed by atoms with Gasteiger partial charge in [-0.25, -0.2) is 43.9 Å². The third-order valence-corrected chi connectivity index (χ3v) is 5.96. The van der Waals surface area contributed by atoms with Crippen molar-refractivity contribution in [2.24, 2.45) is 0 Å². The summed E-state index contributed by atoms with van der Waals surface area (Å²) in [5, 5.41) is 0. The van der Waals surface area contributed by atoms with Crippen LogP contribution in [0.5, 0.6) is 17.2 Å². The van der Waals surface area contributed by atoms with Crippen LogP contribution in [0.15, 0.2) is 55.1 Å². The van der Waals surface area contributed by atoms with Gasteiger partial charge in [0.25, 0.3) is 0 Å². The average molecular weight is 681 g/mol. The molecule has 0 aromatic heterocycles. The first kappa shape index (κ1) is 36.7. The summed E-state index contributed by atoms with van der Waals surface area (Å²) in [4.78, 5) is 0. The Labute approximate surface area is 259 Å². The standard InChI is InChI=1S/C24H18BF9NO3.C6H2F3/c1-5-18(35(2,3)4)20-19(10-17(30)23(33)24(20)34)38-25(36-11-6-13(26)21(31)14(27)7-11)37-12-8-15(28)22(32)16(29)9-12;7-4-2-1-3-5(8)6(4)9/h5-10,18H,1H2,2-4H3;2-3H/q+1;-1. The summed E-state index contributed by atoms with van der Waals surface area (Å²) in [7, 11) is 2.30. The van der Waals surface area contributed by atoms with E-state index in [2.05, 4.69) is 12.6 Å². The third-order valence-electron chi connectivity index (χ3n) is 5.96. The second-order valence-electron chi connectivity index (χ2n) is 10.2. The number of likely N-dealkylation sites (N-methyl/N-ethyl adjacent to an activating group) is 1.